The van der Waals surface area contributed by atoms with Crippen molar-refractivity contribution in [3.8, 4) is 0 Å². The van der Waals surface area contributed by atoms with Crippen molar-refractivity contribution < 1.29 is 46.5 Å². The zero-order chi connectivity index (χ0) is 19.8. The van der Waals surface area contributed by atoms with Crippen molar-refractivity contribution in [3.05, 3.63) is 0 Å². The summed E-state index contributed by atoms with van der Waals surface area (Å²) in [5.41, 5.74) is -2.62. The number of carbonyl (C=O) groups is 3. The van der Waals surface area contributed by atoms with Crippen LogP contribution in [0.3, 0.4) is 0 Å². The molecule has 1 fully saturated rings. The van der Waals surface area contributed by atoms with Gasteiger partial charge in [0.2, 0.25) is 0 Å². The Labute approximate surface area is 149 Å². The Morgan fingerprint density at radius 3 is 2.27 bits per heavy atom. The van der Waals surface area contributed by atoms with Crippen molar-refractivity contribution in [3.63, 3.8) is 0 Å². The lowest BCUT2D eigenvalue weighted by atomic mass is 9.81. The smallest absolute Gasteiger partial charge is 0.418 e. The molecule has 0 aromatic heterocycles. The Morgan fingerprint density at radius 2 is 1.69 bits per heavy atom. The van der Waals surface area contributed by atoms with Crippen LogP contribution in [0.2, 0.25) is 0 Å². The quantitative estimate of drug-likeness (QED) is 0.378. The van der Waals surface area contributed by atoms with Gasteiger partial charge in [0, 0.05) is 6.61 Å². The second kappa shape index (κ2) is 9.75. The number of hydrogen-bond acceptors (Lipinski definition) is 7. The first-order chi connectivity index (χ1) is 12.1. The summed E-state index contributed by atoms with van der Waals surface area (Å²) in [6.07, 6.45) is -5.71. The Balaban J connectivity index is 2.65. The van der Waals surface area contributed by atoms with E-state index >= 15 is 0 Å². The van der Waals surface area contributed by atoms with Crippen molar-refractivity contribution in [2.24, 2.45) is 5.92 Å². The van der Waals surface area contributed by atoms with Crippen LogP contribution < -0.4 is 0 Å². The molecule has 0 bridgehead atoms. The highest BCUT2D eigenvalue weighted by Gasteiger charge is 2.59. The highest BCUT2D eigenvalue weighted by molar-refractivity contribution is 6.29. The molecule has 1 aliphatic rings. The maximum atomic E-state index is 13.5. The molecule has 0 aromatic rings. The van der Waals surface area contributed by atoms with Crippen molar-refractivity contribution in [2.45, 2.75) is 51.3 Å². The number of alkyl halides is 3. The van der Waals surface area contributed by atoms with Crippen LogP contribution in [0.15, 0.2) is 0 Å². The number of rotatable bonds is 7. The molecule has 0 spiro atoms. The molecule has 0 radical (unpaired) electrons. The highest BCUT2D eigenvalue weighted by atomic mass is 19.4. The Bertz CT molecular complexity index is 507. The molecule has 0 saturated carbocycles. The van der Waals surface area contributed by atoms with E-state index in [1.165, 1.54) is 13.8 Å². The van der Waals surface area contributed by atoms with E-state index in [-0.39, 0.29) is 32.8 Å². The summed E-state index contributed by atoms with van der Waals surface area (Å²) < 4.78 is 59.3. The largest absolute Gasteiger partial charge is 0.466 e. The molecule has 2 atom stereocenters. The van der Waals surface area contributed by atoms with Gasteiger partial charge in [0.05, 0.1) is 26.2 Å². The van der Waals surface area contributed by atoms with Crippen LogP contribution in [-0.2, 0) is 33.3 Å². The predicted octanol–water partition coefficient (Wildman–Crippen LogP) is 2.16. The van der Waals surface area contributed by atoms with Gasteiger partial charge in [-0.3, -0.25) is 4.79 Å². The third-order valence-corrected chi connectivity index (χ3v) is 3.98. The minimum Gasteiger partial charge on any atom is -0.466 e. The van der Waals surface area contributed by atoms with Gasteiger partial charge >= 0.3 is 24.1 Å². The van der Waals surface area contributed by atoms with Gasteiger partial charge in [-0.1, -0.05) is 0 Å². The normalized spacial score (nSPS) is 23.2. The number of esters is 3. The zero-order valence-electron chi connectivity index (χ0n) is 14.7. The maximum absolute atomic E-state index is 13.5. The standard InChI is InChI=1S/C16H23F3O7/c1-3-23-12(20)10-15(16(17,18)19)9-11(6-8-26-15)5-7-25-14(22)13(21)24-4-2/h11H,3-10H2,1-2H3. The summed E-state index contributed by atoms with van der Waals surface area (Å²) in [5.74, 6) is -3.81. The molecule has 0 aromatic carbocycles. The van der Waals surface area contributed by atoms with E-state index in [2.05, 4.69) is 9.47 Å². The fourth-order valence-electron chi connectivity index (χ4n) is 2.73. The van der Waals surface area contributed by atoms with E-state index in [0.29, 0.717) is 6.42 Å². The second-order valence-electron chi connectivity index (χ2n) is 5.83. The van der Waals surface area contributed by atoms with E-state index in [1.807, 2.05) is 0 Å². The van der Waals surface area contributed by atoms with E-state index in [0.717, 1.165) is 0 Å². The Morgan fingerprint density at radius 1 is 1.08 bits per heavy atom. The molecule has 10 heteroatoms. The third-order valence-electron chi connectivity index (χ3n) is 3.98. The minimum atomic E-state index is -4.75. The summed E-state index contributed by atoms with van der Waals surface area (Å²) in [7, 11) is 0. The average molecular weight is 384 g/mol. The summed E-state index contributed by atoms with van der Waals surface area (Å²) in [4.78, 5) is 34.0. The topological polar surface area (TPSA) is 88.1 Å². The van der Waals surface area contributed by atoms with Gasteiger partial charge in [0.25, 0.3) is 0 Å². The first-order valence-electron chi connectivity index (χ1n) is 8.35. The van der Waals surface area contributed by atoms with E-state index < -0.39 is 48.4 Å². The molecule has 0 aliphatic carbocycles. The number of hydrogen-bond donors (Lipinski definition) is 0. The van der Waals surface area contributed by atoms with Gasteiger partial charge < -0.3 is 18.9 Å². The molecule has 0 N–H and O–H groups in total. The molecule has 150 valence electrons. The fourth-order valence-corrected chi connectivity index (χ4v) is 2.73. The van der Waals surface area contributed by atoms with E-state index in [4.69, 9.17) is 9.47 Å². The molecular formula is C16H23F3O7. The molecular weight excluding hydrogens is 361 g/mol. The van der Waals surface area contributed by atoms with Gasteiger partial charge in [0.1, 0.15) is 0 Å². The minimum absolute atomic E-state index is 0.00978. The monoisotopic (exact) mass is 384 g/mol. The summed E-state index contributed by atoms with van der Waals surface area (Å²) >= 11 is 0. The molecule has 1 aliphatic heterocycles. The summed E-state index contributed by atoms with van der Waals surface area (Å²) in [6, 6.07) is 0. The third kappa shape index (κ3) is 6.15. The predicted molar refractivity (Wildman–Crippen MR) is 80.9 cm³/mol. The molecule has 7 nitrogen and oxygen atoms in total. The van der Waals surface area contributed by atoms with Crippen molar-refractivity contribution in [1.82, 2.24) is 0 Å². The second-order valence-corrected chi connectivity index (χ2v) is 5.83. The SMILES string of the molecule is CCOC(=O)CC1(C(F)(F)F)CC(CCOC(=O)C(=O)OCC)CCO1. The first kappa shape index (κ1) is 22.2. The number of carbonyl (C=O) groups excluding carboxylic acids is 3. The summed E-state index contributed by atoms with van der Waals surface area (Å²) in [5, 5.41) is 0. The lowest BCUT2D eigenvalue weighted by Gasteiger charge is -2.41. The van der Waals surface area contributed by atoms with Crippen LogP contribution in [0.5, 0.6) is 0 Å². The molecule has 1 saturated heterocycles. The zero-order valence-corrected chi connectivity index (χ0v) is 14.7. The van der Waals surface area contributed by atoms with Crippen LogP contribution in [-0.4, -0.2) is 56.1 Å². The van der Waals surface area contributed by atoms with E-state index in [9.17, 15) is 27.6 Å². The van der Waals surface area contributed by atoms with Gasteiger partial charge in [-0.05, 0) is 39.0 Å². The van der Waals surface area contributed by atoms with Gasteiger partial charge in [-0.25, -0.2) is 9.59 Å². The van der Waals surface area contributed by atoms with Crippen LogP contribution in [0.25, 0.3) is 0 Å². The van der Waals surface area contributed by atoms with E-state index in [1.54, 1.807) is 0 Å². The van der Waals surface area contributed by atoms with Crippen LogP contribution >= 0.6 is 0 Å². The molecule has 26 heavy (non-hydrogen) atoms. The van der Waals surface area contributed by atoms with Crippen molar-refractivity contribution in [1.29, 1.82) is 0 Å². The van der Waals surface area contributed by atoms with Crippen LogP contribution in [0.4, 0.5) is 13.2 Å². The number of halogens is 3. The Hall–Kier alpha value is -1.84. The lowest BCUT2D eigenvalue weighted by molar-refractivity contribution is -0.297. The Kier molecular flexibility index (Phi) is 8.32. The molecule has 1 rings (SSSR count). The van der Waals surface area contributed by atoms with Crippen LogP contribution in [0.1, 0.15) is 39.5 Å². The average Bonchev–Trinajstić information content (AvgIpc) is 2.54. The first-order valence-corrected chi connectivity index (χ1v) is 8.35. The maximum Gasteiger partial charge on any atom is 0.418 e. The molecule has 1 heterocycles. The van der Waals surface area contributed by atoms with Crippen LogP contribution in [0, 0.1) is 5.92 Å². The van der Waals surface area contributed by atoms with Gasteiger partial charge in [0.15, 0.2) is 5.60 Å². The number of ether oxygens (including phenoxy) is 4. The molecule has 0 amide bonds. The fraction of sp³-hybridized carbons (Fsp3) is 0.812. The van der Waals surface area contributed by atoms with Gasteiger partial charge in [-0.2, -0.15) is 13.2 Å². The van der Waals surface area contributed by atoms with Crippen molar-refractivity contribution >= 4 is 17.9 Å². The molecule has 2 unspecified atom stereocenters. The lowest BCUT2D eigenvalue weighted by Crippen LogP contribution is -2.53. The van der Waals surface area contributed by atoms with Crippen molar-refractivity contribution in [2.75, 3.05) is 26.4 Å². The highest BCUT2D eigenvalue weighted by Crippen LogP contribution is 2.45. The van der Waals surface area contributed by atoms with Gasteiger partial charge in [-0.15, -0.1) is 0 Å². The summed E-state index contributed by atoms with van der Waals surface area (Å²) in [6.45, 7) is 2.59.